The average Bonchev–Trinajstić information content (AvgIpc) is 3.37. The average molecular weight is 954 g/mol. The van der Waals surface area contributed by atoms with Crippen LogP contribution in [-0.2, 0) is 0 Å². The van der Waals surface area contributed by atoms with Gasteiger partial charge in [0.2, 0.25) is 0 Å². The van der Waals surface area contributed by atoms with Gasteiger partial charge in [-0.25, -0.2) is 0 Å². The first-order valence-corrected chi connectivity index (χ1v) is 30.6. The van der Waals surface area contributed by atoms with E-state index < -0.39 is 12.2 Å². The van der Waals surface area contributed by atoms with E-state index in [9.17, 15) is 10.2 Å². The van der Waals surface area contributed by atoms with E-state index in [4.69, 9.17) is 0 Å². The molecule has 2 nitrogen and oxygen atoms in total. The molecule has 0 bridgehead atoms. The molecule has 2 atom stereocenters. The van der Waals surface area contributed by atoms with Crippen molar-refractivity contribution in [2.75, 3.05) is 0 Å². The second kappa shape index (κ2) is 26.8. The molecule has 0 aromatic carbocycles. The number of hydrogen-bond acceptors (Lipinski definition) is 2. The van der Waals surface area contributed by atoms with Gasteiger partial charge in [0.1, 0.15) is 12.2 Å². The molecule has 0 saturated heterocycles. The van der Waals surface area contributed by atoms with Crippen LogP contribution in [0.4, 0.5) is 0 Å². The van der Waals surface area contributed by atoms with Crippen molar-refractivity contribution in [3.8, 4) is 59.2 Å². The summed E-state index contributed by atoms with van der Waals surface area (Å²) < 4.78 is 0. The zero-order valence-electron chi connectivity index (χ0n) is 46.4. The minimum atomic E-state index is -0.581. The second-order valence-corrected chi connectivity index (χ2v) is 27.6. The minimum absolute atomic E-state index is 0.0393. The molecular formula is C68H104O2. The van der Waals surface area contributed by atoms with Crippen molar-refractivity contribution >= 4 is 0 Å². The Hall–Kier alpha value is -2.28. The van der Waals surface area contributed by atoms with Gasteiger partial charge in [-0.1, -0.05) is 117 Å². The van der Waals surface area contributed by atoms with E-state index in [2.05, 4.69) is 108 Å². The fourth-order valence-electron chi connectivity index (χ4n) is 15.9. The molecule has 0 spiro atoms. The van der Waals surface area contributed by atoms with Gasteiger partial charge in [0.15, 0.2) is 0 Å². The number of aliphatic hydroxyl groups is 2. The normalized spacial score (nSPS) is 41.9. The van der Waals surface area contributed by atoms with Gasteiger partial charge in [-0.05, 0) is 273 Å². The molecule has 0 aromatic heterocycles. The van der Waals surface area contributed by atoms with Crippen molar-refractivity contribution in [2.45, 2.75) is 273 Å². The Balaban J connectivity index is 0.000000207. The molecule has 0 heterocycles. The van der Waals surface area contributed by atoms with E-state index in [0.717, 1.165) is 109 Å². The van der Waals surface area contributed by atoms with Crippen LogP contribution in [0, 0.1) is 152 Å². The summed E-state index contributed by atoms with van der Waals surface area (Å²) in [4.78, 5) is 0. The molecule has 2 N–H and O–H groups in total. The molecule has 0 radical (unpaired) electrons. The summed E-state index contributed by atoms with van der Waals surface area (Å²) in [6, 6.07) is 0. The number of rotatable bonds is 7. The number of hydrogen-bond donors (Lipinski definition) is 2. The highest BCUT2D eigenvalue weighted by atomic mass is 16.3. The predicted molar refractivity (Wildman–Crippen MR) is 296 cm³/mol. The van der Waals surface area contributed by atoms with E-state index in [0.29, 0.717) is 0 Å². The molecule has 0 amide bonds. The molecule has 8 fully saturated rings. The Morgan fingerprint density at radius 2 is 0.629 bits per heavy atom. The van der Waals surface area contributed by atoms with Crippen molar-refractivity contribution in [1.29, 1.82) is 0 Å². The summed E-state index contributed by atoms with van der Waals surface area (Å²) in [5, 5.41) is 21.7. The molecule has 0 aliphatic heterocycles. The maximum Gasteiger partial charge on any atom is 0.121 e. The van der Waals surface area contributed by atoms with Gasteiger partial charge in [0.25, 0.3) is 0 Å². The minimum Gasteiger partial charge on any atom is -0.380 e. The first-order valence-electron chi connectivity index (χ1n) is 30.6. The van der Waals surface area contributed by atoms with Crippen molar-refractivity contribution in [2.24, 2.45) is 93.2 Å². The van der Waals surface area contributed by atoms with Gasteiger partial charge in [-0.2, -0.15) is 0 Å². The van der Waals surface area contributed by atoms with E-state index >= 15 is 0 Å². The third kappa shape index (κ3) is 16.4. The highest BCUT2D eigenvalue weighted by Gasteiger charge is 2.41. The largest absolute Gasteiger partial charge is 0.380 e. The van der Waals surface area contributed by atoms with Crippen LogP contribution in [0.3, 0.4) is 0 Å². The van der Waals surface area contributed by atoms with Crippen LogP contribution in [0.15, 0.2) is 0 Å². The Labute approximate surface area is 433 Å². The smallest absolute Gasteiger partial charge is 0.121 e. The summed E-state index contributed by atoms with van der Waals surface area (Å²) in [5.41, 5.74) is -0.00763. The summed E-state index contributed by atoms with van der Waals surface area (Å²) in [7, 11) is 0. The number of aliphatic hydroxyl groups excluding tert-OH is 2. The van der Waals surface area contributed by atoms with Crippen LogP contribution in [-0.4, -0.2) is 22.4 Å². The fraction of sp³-hybridized carbons (Fsp3) is 0.853. The van der Waals surface area contributed by atoms with Gasteiger partial charge >= 0.3 is 0 Å². The van der Waals surface area contributed by atoms with Crippen molar-refractivity contribution in [1.82, 2.24) is 0 Å². The van der Waals surface area contributed by atoms with Gasteiger partial charge < -0.3 is 10.2 Å². The zero-order valence-corrected chi connectivity index (χ0v) is 46.4. The lowest BCUT2D eigenvalue weighted by Crippen LogP contribution is -2.37. The van der Waals surface area contributed by atoms with Crippen LogP contribution in [0.1, 0.15) is 260 Å². The van der Waals surface area contributed by atoms with Crippen molar-refractivity contribution < 1.29 is 10.2 Å². The van der Waals surface area contributed by atoms with Crippen LogP contribution in [0.25, 0.3) is 0 Å². The summed E-state index contributed by atoms with van der Waals surface area (Å²) in [6.45, 7) is 16.5. The lowest BCUT2D eigenvalue weighted by molar-refractivity contribution is 0.0209. The quantitative estimate of drug-likeness (QED) is 0.250. The van der Waals surface area contributed by atoms with Crippen molar-refractivity contribution in [3.63, 3.8) is 0 Å². The summed E-state index contributed by atoms with van der Waals surface area (Å²) >= 11 is 0. The van der Waals surface area contributed by atoms with Gasteiger partial charge in [-0.3, -0.25) is 0 Å². The predicted octanol–water partition coefficient (Wildman–Crippen LogP) is 16.8. The fourth-order valence-corrected chi connectivity index (χ4v) is 15.9. The molecule has 8 saturated carbocycles. The lowest BCUT2D eigenvalue weighted by Gasteiger charge is -2.42. The SMILES string of the molecule is CC1CCC(C2CCC(C)(C#CC#CC#CC(O)C3(C)CCC(C4CCC(C)CC4)CC3)CC2)CC1.CC1CCC(C2CCC(CC#CC#CC(O)C3(C)CCC(C4CCC(C)CC4)CC3)CC2)CC1. The molecular weight excluding hydrogens is 849 g/mol. The maximum absolute atomic E-state index is 10.8. The van der Waals surface area contributed by atoms with Crippen LogP contribution >= 0.6 is 0 Å². The third-order valence-electron chi connectivity index (χ3n) is 22.1. The molecule has 70 heavy (non-hydrogen) atoms. The molecule has 388 valence electrons. The van der Waals surface area contributed by atoms with Crippen LogP contribution in [0.5, 0.6) is 0 Å². The van der Waals surface area contributed by atoms with Gasteiger partial charge in [-0.15, -0.1) is 0 Å². The molecule has 8 aliphatic rings. The van der Waals surface area contributed by atoms with Crippen LogP contribution in [0.2, 0.25) is 0 Å². The van der Waals surface area contributed by atoms with Gasteiger partial charge in [0, 0.05) is 22.7 Å². The third-order valence-corrected chi connectivity index (χ3v) is 22.1. The standard InChI is InChI=1S/C35H52O.C33H52O/c1-27-10-14-29(15-11-27)31-18-23-34(3,24-19-31)22-8-6-5-7-9-33(36)35(4)25-20-32(21-26-35)30-16-12-28(2)13-17-30;1-25-9-15-28(16-10-25)30-19-13-27(14-20-30)7-5-4-6-8-32(34)33(3)23-21-31(22-24-33)29-17-11-26(2)12-18-29/h27-33,36H,10-21,23-26H2,1-4H3;25-32,34H,7,9-24H2,1-3H3. The highest BCUT2D eigenvalue weighted by molar-refractivity contribution is 5.37. The first kappa shape index (κ1) is 55.5. The zero-order chi connectivity index (χ0) is 49.6. The maximum atomic E-state index is 10.8. The molecule has 2 heteroatoms. The van der Waals surface area contributed by atoms with Gasteiger partial charge in [0.05, 0.1) is 0 Å². The lowest BCUT2D eigenvalue weighted by atomic mass is 9.63. The summed E-state index contributed by atoms with van der Waals surface area (Å²) in [6.07, 6.45) is 43.1. The van der Waals surface area contributed by atoms with Crippen molar-refractivity contribution in [3.05, 3.63) is 0 Å². The molecule has 8 aliphatic carbocycles. The highest BCUT2D eigenvalue weighted by Crippen LogP contribution is 2.49. The Morgan fingerprint density at radius 1 is 0.343 bits per heavy atom. The van der Waals surface area contributed by atoms with E-state index in [1.165, 1.54) is 180 Å². The van der Waals surface area contributed by atoms with E-state index in [-0.39, 0.29) is 16.2 Å². The van der Waals surface area contributed by atoms with Crippen LogP contribution < -0.4 is 0 Å². The Kier molecular flexibility index (Phi) is 21.2. The molecule has 2 unspecified atom stereocenters. The first-order chi connectivity index (χ1) is 33.7. The molecule has 8 rings (SSSR count). The summed E-state index contributed by atoms with van der Waals surface area (Å²) in [5.74, 6) is 43.1. The monoisotopic (exact) mass is 953 g/mol. The van der Waals surface area contributed by atoms with E-state index in [1.807, 2.05) is 0 Å². The molecule has 0 aromatic rings. The topological polar surface area (TPSA) is 40.5 Å². The Morgan fingerprint density at radius 3 is 0.986 bits per heavy atom. The van der Waals surface area contributed by atoms with E-state index in [1.54, 1.807) is 0 Å². The Bertz CT molecular complexity index is 1890. The second-order valence-electron chi connectivity index (χ2n) is 27.6.